The van der Waals surface area contributed by atoms with Gasteiger partial charge in [0.1, 0.15) is 0 Å². The van der Waals surface area contributed by atoms with Crippen LogP contribution in [0, 0.1) is 24.8 Å². The summed E-state index contributed by atoms with van der Waals surface area (Å²) in [6.45, 7) is 6.62. The molecule has 0 N–H and O–H groups in total. The van der Waals surface area contributed by atoms with Crippen molar-refractivity contribution in [2.75, 3.05) is 0 Å². The van der Waals surface area contributed by atoms with Gasteiger partial charge in [-0.05, 0) is 100 Å². The van der Waals surface area contributed by atoms with E-state index < -0.39 is 6.85 Å². The van der Waals surface area contributed by atoms with Crippen LogP contribution >= 0.6 is 0 Å². The predicted octanol–water partition coefficient (Wildman–Crippen LogP) is 14.4. The van der Waals surface area contributed by atoms with E-state index in [-0.39, 0.29) is 49.2 Å². The summed E-state index contributed by atoms with van der Waals surface area (Å²) in [5.41, 5.74) is 13.3. The van der Waals surface area contributed by atoms with Gasteiger partial charge >= 0.3 is 0 Å². The third-order valence-corrected chi connectivity index (χ3v) is 10.8. The third kappa shape index (κ3) is 8.20. The molecule has 0 bridgehead atoms. The zero-order chi connectivity index (χ0) is 43.8. The number of hydrogen-bond donors (Lipinski definition) is 0. The second kappa shape index (κ2) is 17.6. The van der Waals surface area contributed by atoms with Crippen molar-refractivity contribution in [2.45, 2.75) is 46.4 Å². The quantitative estimate of drug-likeness (QED) is 0.149. The second-order valence-corrected chi connectivity index (χ2v) is 15.4. The van der Waals surface area contributed by atoms with Crippen molar-refractivity contribution in [3.63, 3.8) is 0 Å². The van der Waals surface area contributed by atoms with E-state index in [0.717, 1.165) is 38.8 Å². The van der Waals surface area contributed by atoms with E-state index in [9.17, 15) is 4.39 Å². The zero-order valence-corrected chi connectivity index (χ0v) is 36.5. The maximum atomic E-state index is 12.6. The van der Waals surface area contributed by atoms with E-state index >= 15 is 0 Å². The average Bonchev–Trinajstić information content (AvgIpc) is 3.88. The van der Waals surface area contributed by atoms with Crippen molar-refractivity contribution in [3.05, 3.63) is 193 Å². The molecule has 0 aliphatic rings. The average molecular weight is 978 g/mol. The first-order valence-electron chi connectivity index (χ1n) is 21.6. The Labute approximate surface area is 373 Å². The molecule has 0 amide bonds. The van der Waals surface area contributed by atoms with Crippen LogP contribution in [0.1, 0.15) is 60.5 Å². The fourth-order valence-electron chi connectivity index (χ4n) is 7.77. The Morgan fingerprint density at radius 1 is 0.672 bits per heavy atom. The molecule has 61 heavy (non-hydrogen) atoms. The molecule has 303 valence electrons. The van der Waals surface area contributed by atoms with Crippen LogP contribution in [0.4, 0.5) is 4.39 Å². The molecular formula is C54H43FIrN4O-2. The number of furan rings is 1. The number of imidazole rings is 1. The molecule has 0 aliphatic carbocycles. The molecular weight excluding hydrogens is 932 g/mol. The van der Waals surface area contributed by atoms with Crippen LogP contribution in [0.3, 0.4) is 0 Å². The van der Waals surface area contributed by atoms with E-state index in [1.54, 1.807) is 24.4 Å². The Hall–Kier alpha value is -6.53. The molecule has 10 rings (SSSR count). The Kier molecular flexibility index (Phi) is 10.8. The number of para-hydroxylation sites is 2. The van der Waals surface area contributed by atoms with Crippen LogP contribution in [0.15, 0.2) is 162 Å². The van der Waals surface area contributed by atoms with Crippen molar-refractivity contribution in [3.8, 4) is 50.6 Å². The van der Waals surface area contributed by atoms with Crippen LogP contribution in [-0.2, 0) is 20.1 Å². The first-order chi connectivity index (χ1) is 30.4. The molecule has 0 fully saturated rings. The molecule has 0 spiro atoms. The smallest absolute Gasteiger partial charge is 0.216 e. The maximum Gasteiger partial charge on any atom is 0.216 e. The number of nitrogens with zero attached hydrogens (tertiary/aromatic N) is 4. The molecule has 0 saturated carbocycles. The van der Waals surface area contributed by atoms with E-state index in [1.807, 2.05) is 54.6 Å². The van der Waals surface area contributed by atoms with Crippen LogP contribution in [0.2, 0.25) is 0 Å². The summed E-state index contributed by atoms with van der Waals surface area (Å²) in [5.74, 6) is 0.831. The molecule has 0 saturated heterocycles. The van der Waals surface area contributed by atoms with E-state index in [4.69, 9.17) is 13.5 Å². The minimum absolute atomic E-state index is 0. The van der Waals surface area contributed by atoms with Gasteiger partial charge in [0, 0.05) is 53.0 Å². The van der Waals surface area contributed by atoms with Crippen molar-refractivity contribution in [2.24, 2.45) is 0 Å². The number of aromatic nitrogens is 4. The van der Waals surface area contributed by atoms with Gasteiger partial charge in [0.15, 0.2) is 0 Å². The SMILES string of the molecule is Fc1c[c-]c(-c2ccccn2)cc1.[2H]C([2H])([2H])c1ccc2c(n1)oc1c(-c3nc4ccccc4n3-c3c(C(C)C)cc(-c4ccc(-c5ccccc5)cc4)cc3C(C)C)[c-]ccc12.[Ir]. The fourth-order valence-corrected chi connectivity index (χ4v) is 7.77. The fraction of sp³-hybridized carbons (Fsp3) is 0.130. The van der Waals surface area contributed by atoms with Crippen LogP contribution < -0.4 is 0 Å². The van der Waals surface area contributed by atoms with Gasteiger partial charge in [-0.2, -0.15) is 0 Å². The summed E-state index contributed by atoms with van der Waals surface area (Å²) < 4.78 is 44.8. The number of pyridine rings is 2. The van der Waals surface area contributed by atoms with Gasteiger partial charge in [-0.1, -0.05) is 118 Å². The molecule has 0 unspecified atom stereocenters. The topological polar surface area (TPSA) is 56.7 Å². The number of halogens is 1. The Morgan fingerprint density at radius 2 is 1.36 bits per heavy atom. The summed E-state index contributed by atoms with van der Waals surface area (Å²) >= 11 is 0. The molecule has 4 heterocycles. The van der Waals surface area contributed by atoms with Gasteiger partial charge in [0.25, 0.3) is 0 Å². The van der Waals surface area contributed by atoms with Gasteiger partial charge in [0.2, 0.25) is 5.71 Å². The largest absolute Gasteiger partial charge is 0.486 e. The summed E-state index contributed by atoms with van der Waals surface area (Å²) in [7, 11) is 0. The normalized spacial score (nSPS) is 12.2. The molecule has 10 aromatic rings. The molecule has 5 nitrogen and oxygen atoms in total. The minimum atomic E-state index is -2.34. The summed E-state index contributed by atoms with van der Waals surface area (Å²) in [6.07, 6.45) is 1.70. The number of aryl methyl sites for hydroxylation is 1. The first kappa shape index (κ1) is 37.5. The Bertz CT molecular complexity index is 3190. The summed E-state index contributed by atoms with van der Waals surface area (Å²) in [6, 6.07) is 55.5. The number of rotatable bonds is 7. The van der Waals surface area contributed by atoms with Crippen LogP contribution in [-0.4, -0.2) is 19.5 Å². The summed E-state index contributed by atoms with van der Waals surface area (Å²) in [4.78, 5) is 13.7. The predicted molar refractivity (Wildman–Crippen MR) is 243 cm³/mol. The van der Waals surface area contributed by atoms with Crippen LogP contribution in [0.5, 0.6) is 0 Å². The molecule has 4 aromatic heterocycles. The summed E-state index contributed by atoms with van der Waals surface area (Å²) in [5, 5.41) is 1.58. The van der Waals surface area contributed by atoms with Crippen molar-refractivity contribution in [1.82, 2.24) is 19.5 Å². The van der Waals surface area contributed by atoms with Gasteiger partial charge in [-0.15, -0.1) is 48.0 Å². The van der Waals surface area contributed by atoms with Crippen molar-refractivity contribution in [1.29, 1.82) is 0 Å². The van der Waals surface area contributed by atoms with E-state index in [1.165, 1.54) is 45.5 Å². The van der Waals surface area contributed by atoms with Crippen molar-refractivity contribution < 1.29 is 33.0 Å². The zero-order valence-electron chi connectivity index (χ0n) is 37.1. The van der Waals surface area contributed by atoms with Gasteiger partial charge in [0.05, 0.1) is 22.4 Å². The first-order valence-corrected chi connectivity index (χ1v) is 20.1. The second-order valence-electron chi connectivity index (χ2n) is 15.4. The molecule has 0 atom stereocenters. The van der Waals surface area contributed by atoms with Gasteiger partial charge in [-0.25, -0.2) is 4.98 Å². The monoisotopic (exact) mass is 978 g/mol. The molecule has 6 aromatic carbocycles. The van der Waals surface area contributed by atoms with E-state index in [0.29, 0.717) is 17.0 Å². The van der Waals surface area contributed by atoms with Crippen molar-refractivity contribution >= 4 is 33.1 Å². The van der Waals surface area contributed by atoms with E-state index in [2.05, 4.69) is 121 Å². The maximum absolute atomic E-state index is 12.6. The molecule has 1 radical (unpaired) electrons. The van der Waals surface area contributed by atoms with Gasteiger partial charge in [-0.3, -0.25) is 9.37 Å². The third-order valence-electron chi connectivity index (χ3n) is 10.8. The van der Waals surface area contributed by atoms with Crippen LogP contribution in [0.25, 0.3) is 83.7 Å². The number of benzene rings is 6. The number of fused-ring (bicyclic) bond motifs is 4. The Balaban J connectivity index is 0.000000343. The molecule has 0 aliphatic heterocycles. The standard InChI is InChI=1S/C43H36N3O.C11H7FN.Ir/c1-26(2)36-24-32(31-21-19-30(20-22-31)29-12-7-6-8-13-29)25-37(27(3)4)40(36)46-39-17-10-9-16-38(39)45-42(46)35-15-11-14-33-34-23-18-28(5)44-43(34)47-41(33)35;12-10-6-4-9(5-7-10)11-3-1-2-8-13-11;/h6-14,16-27H,1-5H3;1-4,6-8H;/q2*-1;/i5D3;;. The van der Waals surface area contributed by atoms with Gasteiger partial charge < -0.3 is 14.0 Å². The number of hydrogen-bond acceptors (Lipinski definition) is 4. The molecule has 7 heteroatoms. The Morgan fingerprint density at radius 3 is 2.03 bits per heavy atom. The minimum Gasteiger partial charge on any atom is -0.486 e.